The molecule has 2 rings (SSSR count). The highest BCUT2D eigenvalue weighted by molar-refractivity contribution is 5.85. The first-order valence-electron chi connectivity index (χ1n) is 9.01. The van der Waals surface area contributed by atoms with E-state index in [1.54, 1.807) is 0 Å². The van der Waals surface area contributed by atoms with E-state index in [2.05, 4.69) is 36.3 Å². The van der Waals surface area contributed by atoms with Crippen LogP contribution < -0.4 is 10.6 Å². The Balaban J connectivity index is 0.00000264. The summed E-state index contributed by atoms with van der Waals surface area (Å²) in [4.78, 5) is 15.3. The smallest absolute Gasteiger partial charge is 0.237 e. The van der Waals surface area contributed by atoms with Gasteiger partial charge in [-0.25, -0.2) is 0 Å². The molecule has 2 heterocycles. The lowest BCUT2D eigenvalue weighted by molar-refractivity contribution is -0.131. The van der Waals surface area contributed by atoms with Gasteiger partial charge in [-0.3, -0.25) is 9.69 Å². The predicted octanol–water partition coefficient (Wildman–Crippen LogP) is 2.22. The molecule has 0 aromatic rings. The van der Waals surface area contributed by atoms with Gasteiger partial charge in [0.2, 0.25) is 5.91 Å². The summed E-state index contributed by atoms with van der Waals surface area (Å²) < 4.78 is 5.46. The molecule has 0 bridgehead atoms. The van der Waals surface area contributed by atoms with Crippen molar-refractivity contribution in [2.24, 2.45) is 5.92 Å². The third-order valence-electron chi connectivity index (χ3n) is 5.17. The van der Waals surface area contributed by atoms with Gasteiger partial charge in [-0.1, -0.05) is 26.7 Å². The summed E-state index contributed by atoms with van der Waals surface area (Å²) >= 11 is 0. The van der Waals surface area contributed by atoms with Crippen molar-refractivity contribution in [1.82, 2.24) is 15.5 Å². The minimum atomic E-state index is 0. The molecule has 2 N–H and O–H groups in total. The summed E-state index contributed by atoms with van der Waals surface area (Å²) in [5, 5.41) is 6.78. The van der Waals surface area contributed by atoms with Gasteiger partial charge < -0.3 is 15.4 Å². The van der Waals surface area contributed by atoms with E-state index in [0.717, 1.165) is 58.5 Å². The molecule has 144 valence electrons. The number of hydrogen-bond acceptors (Lipinski definition) is 4. The average molecular weight is 384 g/mol. The molecule has 0 aromatic carbocycles. The zero-order valence-corrected chi connectivity index (χ0v) is 16.9. The zero-order chi connectivity index (χ0) is 15.9. The van der Waals surface area contributed by atoms with Crippen LogP contribution in [-0.4, -0.2) is 61.8 Å². The van der Waals surface area contributed by atoms with E-state index < -0.39 is 0 Å². The van der Waals surface area contributed by atoms with Crippen LogP contribution >= 0.6 is 24.8 Å². The molecule has 0 aliphatic carbocycles. The lowest BCUT2D eigenvalue weighted by Crippen LogP contribution is -2.57. The summed E-state index contributed by atoms with van der Waals surface area (Å²) in [7, 11) is 0. The van der Waals surface area contributed by atoms with E-state index in [4.69, 9.17) is 4.74 Å². The summed E-state index contributed by atoms with van der Waals surface area (Å²) in [5.41, 5.74) is 0. The summed E-state index contributed by atoms with van der Waals surface area (Å²) in [6, 6.07) is 0.819. The molecule has 2 saturated heterocycles. The van der Waals surface area contributed by atoms with Crippen molar-refractivity contribution in [2.75, 3.05) is 32.8 Å². The largest absolute Gasteiger partial charge is 0.379 e. The first-order chi connectivity index (χ1) is 10.7. The number of hydrogen-bond donors (Lipinski definition) is 2. The van der Waals surface area contributed by atoms with E-state index in [1.165, 1.54) is 0 Å². The zero-order valence-electron chi connectivity index (χ0n) is 15.3. The van der Waals surface area contributed by atoms with Crippen LogP contribution in [0, 0.1) is 5.92 Å². The van der Waals surface area contributed by atoms with Gasteiger partial charge in [-0.15, -0.1) is 24.8 Å². The van der Waals surface area contributed by atoms with E-state index in [-0.39, 0.29) is 36.8 Å². The molecule has 5 nitrogen and oxygen atoms in total. The fraction of sp³-hybridized carbons (Fsp3) is 0.941. The number of morpholine rings is 1. The minimum absolute atomic E-state index is 0. The molecule has 24 heavy (non-hydrogen) atoms. The topological polar surface area (TPSA) is 53.6 Å². The van der Waals surface area contributed by atoms with E-state index in [1.807, 2.05) is 0 Å². The Bertz CT molecular complexity index is 351. The van der Waals surface area contributed by atoms with Crippen LogP contribution in [0.25, 0.3) is 0 Å². The molecular formula is C17H35Cl2N3O2. The van der Waals surface area contributed by atoms with Crippen molar-refractivity contribution < 1.29 is 9.53 Å². The molecule has 2 aliphatic heterocycles. The highest BCUT2D eigenvalue weighted by Gasteiger charge is 2.34. The quantitative estimate of drug-likeness (QED) is 0.738. The van der Waals surface area contributed by atoms with Crippen LogP contribution in [0.1, 0.15) is 46.5 Å². The van der Waals surface area contributed by atoms with Gasteiger partial charge >= 0.3 is 0 Å². The molecule has 2 aliphatic rings. The van der Waals surface area contributed by atoms with Gasteiger partial charge in [0.15, 0.2) is 0 Å². The van der Waals surface area contributed by atoms with E-state index in [9.17, 15) is 4.79 Å². The fourth-order valence-corrected chi connectivity index (χ4v) is 3.82. The maximum Gasteiger partial charge on any atom is 0.237 e. The van der Waals surface area contributed by atoms with E-state index >= 15 is 0 Å². The second-order valence-electron chi connectivity index (χ2n) is 6.75. The first kappa shape index (κ1) is 23.9. The molecule has 2 fully saturated rings. The molecule has 1 amide bonds. The standard InChI is InChI=1S/C17H33N3O2.2ClH/c1-4-14(5-2)16(20-8-10-22-11-9-20)17(21)19-15-6-7-18-13(3)12-15;;/h13-16,18H,4-12H2,1-3H3,(H,19,21);2*1H. The molecule has 0 saturated carbocycles. The molecule has 7 heteroatoms. The second kappa shape index (κ2) is 12.3. The average Bonchev–Trinajstić information content (AvgIpc) is 2.53. The Labute approximate surface area is 159 Å². The van der Waals surface area contributed by atoms with Crippen LogP contribution in [0.4, 0.5) is 0 Å². The van der Waals surface area contributed by atoms with Crippen molar-refractivity contribution in [3.8, 4) is 0 Å². The van der Waals surface area contributed by atoms with Gasteiger partial charge in [0.1, 0.15) is 0 Å². The van der Waals surface area contributed by atoms with Crippen LogP contribution in [-0.2, 0) is 9.53 Å². The summed E-state index contributed by atoms with van der Waals surface area (Å²) in [5.74, 6) is 0.659. The molecule has 0 radical (unpaired) electrons. The maximum atomic E-state index is 13.0. The fourth-order valence-electron chi connectivity index (χ4n) is 3.82. The number of ether oxygens (including phenoxy) is 1. The van der Waals surface area contributed by atoms with Gasteiger partial charge in [0.25, 0.3) is 0 Å². The number of nitrogens with one attached hydrogen (secondary N) is 2. The number of carbonyl (C=O) groups is 1. The Morgan fingerprint density at radius 1 is 1.25 bits per heavy atom. The molecule has 0 spiro atoms. The van der Waals surface area contributed by atoms with Gasteiger partial charge in [-0.05, 0) is 32.2 Å². The highest BCUT2D eigenvalue weighted by Crippen LogP contribution is 2.21. The van der Waals surface area contributed by atoms with Gasteiger partial charge in [0.05, 0.1) is 19.3 Å². The van der Waals surface area contributed by atoms with Crippen molar-refractivity contribution in [2.45, 2.75) is 64.6 Å². The molecule has 0 aromatic heterocycles. The van der Waals surface area contributed by atoms with Crippen molar-refractivity contribution in [3.63, 3.8) is 0 Å². The lowest BCUT2D eigenvalue weighted by atomic mass is 9.91. The number of piperidine rings is 1. The Morgan fingerprint density at radius 2 is 1.88 bits per heavy atom. The second-order valence-corrected chi connectivity index (χ2v) is 6.75. The maximum absolute atomic E-state index is 13.0. The number of nitrogens with zero attached hydrogens (tertiary/aromatic N) is 1. The SMILES string of the molecule is CCC(CC)C(C(=O)NC1CCNC(C)C1)N1CCOCC1.Cl.Cl. The van der Waals surface area contributed by atoms with Crippen LogP contribution in [0.3, 0.4) is 0 Å². The normalized spacial score (nSPS) is 26.2. The minimum Gasteiger partial charge on any atom is -0.379 e. The van der Waals surface area contributed by atoms with Crippen LogP contribution in [0.15, 0.2) is 0 Å². The van der Waals surface area contributed by atoms with Crippen LogP contribution in [0.2, 0.25) is 0 Å². The molecule has 3 atom stereocenters. The summed E-state index contributed by atoms with van der Waals surface area (Å²) in [6.45, 7) is 10.8. The number of carbonyl (C=O) groups excluding carboxylic acids is 1. The van der Waals surface area contributed by atoms with Crippen molar-refractivity contribution in [1.29, 1.82) is 0 Å². The van der Waals surface area contributed by atoms with E-state index in [0.29, 0.717) is 18.0 Å². The first-order valence-corrected chi connectivity index (χ1v) is 9.01. The predicted molar refractivity (Wildman–Crippen MR) is 103 cm³/mol. The molecular weight excluding hydrogens is 349 g/mol. The van der Waals surface area contributed by atoms with Crippen LogP contribution in [0.5, 0.6) is 0 Å². The summed E-state index contributed by atoms with van der Waals surface area (Å²) in [6.07, 6.45) is 4.17. The monoisotopic (exact) mass is 383 g/mol. The Hall–Kier alpha value is -0.0700. The Kier molecular flexibility index (Phi) is 12.3. The number of rotatable bonds is 6. The van der Waals surface area contributed by atoms with Gasteiger partial charge in [0, 0.05) is 25.2 Å². The van der Waals surface area contributed by atoms with Crippen molar-refractivity contribution >= 4 is 30.7 Å². The van der Waals surface area contributed by atoms with Crippen molar-refractivity contribution in [3.05, 3.63) is 0 Å². The third kappa shape index (κ3) is 6.68. The number of halogens is 2. The lowest BCUT2D eigenvalue weighted by Gasteiger charge is -2.39. The molecule has 3 unspecified atom stereocenters. The Morgan fingerprint density at radius 3 is 2.42 bits per heavy atom. The number of amides is 1. The highest BCUT2D eigenvalue weighted by atomic mass is 35.5. The van der Waals surface area contributed by atoms with Gasteiger partial charge in [-0.2, -0.15) is 0 Å². The third-order valence-corrected chi connectivity index (χ3v) is 5.17.